The first kappa shape index (κ1) is 9.95. The number of hydrogen-bond donors (Lipinski definition) is 2. The summed E-state index contributed by atoms with van der Waals surface area (Å²) in [5.41, 5.74) is 5.47. The van der Waals surface area contributed by atoms with E-state index in [1.54, 1.807) is 10.9 Å². The van der Waals surface area contributed by atoms with Crippen LogP contribution < -0.4 is 5.73 Å². The van der Waals surface area contributed by atoms with E-state index in [0.717, 1.165) is 19.3 Å². The fraction of sp³-hybridized carbons (Fsp3) is 0.667. The van der Waals surface area contributed by atoms with Crippen LogP contribution in [0.2, 0.25) is 0 Å². The highest BCUT2D eigenvalue weighted by molar-refractivity contribution is 5.70. The van der Waals surface area contributed by atoms with Gasteiger partial charge in [0.15, 0.2) is 5.82 Å². The zero-order valence-electron chi connectivity index (χ0n) is 8.33. The van der Waals surface area contributed by atoms with E-state index >= 15 is 0 Å². The highest BCUT2D eigenvalue weighted by Gasteiger charge is 2.28. The third kappa shape index (κ3) is 2.08. The van der Waals surface area contributed by atoms with Gasteiger partial charge in [0, 0.05) is 0 Å². The van der Waals surface area contributed by atoms with Crippen LogP contribution in [0.15, 0.2) is 6.20 Å². The molecule has 1 heterocycles. The quantitative estimate of drug-likeness (QED) is 0.748. The number of nitrogens with zero attached hydrogens (tertiary/aromatic N) is 3. The minimum atomic E-state index is -0.715. The van der Waals surface area contributed by atoms with E-state index in [1.165, 1.54) is 0 Å². The minimum absolute atomic E-state index is 0.129. The van der Waals surface area contributed by atoms with Crippen molar-refractivity contribution in [1.82, 2.24) is 15.0 Å². The van der Waals surface area contributed by atoms with Crippen molar-refractivity contribution in [2.45, 2.75) is 31.7 Å². The van der Waals surface area contributed by atoms with Crippen LogP contribution in [-0.4, -0.2) is 26.1 Å². The van der Waals surface area contributed by atoms with Gasteiger partial charge in [0.2, 0.25) is 0 Å². The minimum Gasteiger partial charge on any atom is -0.481 e. The topological polar surface area (TPSA) is 94.0 Å². The summed E-state index contributed by atoms with van der Waals surface area (Å²) in [6, 6.07) is 0.129. The van der Waals surface area contributed by atoms with Gasteiger partial charge in [0.05, 0.1) is 18.2 Å². The Kier molecular flexibility index (Phi) is 2.57. The van der Waals surface area contributed by atoms with Crippen molar-refractivity contribution in [3.05, 3.63) is 6.20 Å². The van der Waals surface area contributed by atoms with Gasteiger partial charge in [-0.15, -0.1) is 5.10 Å². The molecule has 0 amide bonds. The maximum atomic E-state index is 10.9. The highest BCUT2D eigenvalue weighted by Crippen LogP contribution is 2.32. The maximum Gasteiger partial charge on any atom is 0.306 e. The lowest BCUT2D eigenvalue weighted by Gasteiger charge is -2.26. The van der Waals surface area contributed by atoms with E-state index in [1.807, 2.05) is 0 Å². The number of carboxylic acids is 1. The molecule has 1 aromatic rings. The first-order valence-electron chi connectivity index (χ1n) is 5.07. The summed E-state index contributed by atoms with van der Waals surface area (Å²) in [6.07, 6.45) is 4.91. The largest absolute Gasteiger partial charge is 0.481 e. The molecule has 2 rings (SSSR count). The van der Waals surface area contributed by atoms with Gasteiger partial charge in [-0.05, 0) is 19.3 Å². The molecule has 1 aromatic heterocycles. The normalized spacial score (nSPS) is 26.4. The molecule has 82 valence electrons. The van der Waals surface area contributed by atoms with Crippen molar-refractivity contribution in [1.29, 1.82) is 0 Å². The van der Waals surface area contributed by atoms with Crippen molar-refractivity contribution in [3.63, 3.8) is 0 Å². The monoisotopic (exact) mass is 210 g/mol. The molecule has 6 nitrogen and oxygen atoms in total. The van der Waals surface area contributed by atoms with Gasteiger partial charge in [0.25, 0.3) is 0 Å². The van der Waals surface area contributed by atoms with E-state index in [9.17, 15) is 4.79 Å². The van der Waals surface area contributed by atoms with Crippen LogP contribution in [0, 0.1) is 5.92 Å². The molecule has 3 N–H and O–H groups in total. The standard InChI is InChI=1S/C9H14N4O2/c10-8-5-13(12-11-8)7-3-1-2-6(4-7)9(14)15/h5-7H,1-4,10H2,(H,14,15). The smallest absolute Gasteiger partial charge is 0.306 e. The number of anilines is 1. The Balaban J connectivity index is 2.07. The molecule has 0 aromatic carbocycles. The second-order valence-corrected chi connectivity index (χ2v) is 3.98. The molecule has 1 aliphatic rings. The first-order chi connectivity index (χ1) is 7.16. The molecule has 0 bridgehead atoms. The highest BCUT2D eigenvalue weighted by atomic mass is 16.4. The fourth-order valence-corrected chi connectivity index (χ4v) is 2.10. The number of carbonyl (C=O) groups is 1. The summed E-state index contributed by atoms with van der Waals surface area (Å²) in [5, 5.41) is 16.5. The number of nitrogen functional groups attached to an aromatic ring is 1. The molecule has 2 unspecified atom stereocenters. The predicted molar refractivity (Wildman–Crippen MR) is 53.1 cm³/mol. The average molecular weight is 210 g/mol. The SMILES string of the molecule is Nc1cn(C2CCCC(C(=O)O)C2)nn1. The Bertz CT molecular complexity index is 363. The molecule has 6 heteroatoms. The third-order valence-corrected chi connectivity index (χ3v) is 2.90. The van der Waals surface area contributed by atoms with Crippen LogP contribution in [0.3, 0.4) is 0 Å². The lowest BCUT2D eigenvalue weighted by atomic mass is 9.86. The van der Waals surface area contributed by atoms with Crippen LogP contribution in [-0.2, 0) is 4.79 Å². The summed E-state index contributed by atoms with van der Waals surface area (Å²) < 4.78 is 1.68. The Morgan fingerprint density at radius 3 is 3.00 bits per heavy atom. The lowest BCUT2D eigenvalue weighted by molar-refractivity contribution is -0.143. The summed E-state index contributed by atoms with van der Waals surface area (Å²) in [6.45, 7) is 0. The van der Waals surface area contributed by atoms with Crippen molar-refractivity contribution in [2.24, 2.45) is 5.92 Å². The molecular weight excluding hydrogens is 196 g/mol. The zero-order valence-corrected chi connectivity index (χ0v) is 8.33. The summed E-state index contributed by atoms with van der Waals surface area (Å²) in [7, 11) is 0. The molecule has 0 radical (unpaired) electrons. The predicted octanol–water partition coefficient (Wildman–Crippen LogP) is 0.676. The third-order valence-electron chi connectivity index (χ3n) is 2.90. The second kappa shape index (κ2) is 3.88. The molecule has 0 spiro atoms. The molecule has 2 atom stereocenters. The number of carboxylic acid groups (broad SMARTS) is 1. The van der Waals surface area contributed by atoms with Gasteiger partial charge in [-0.3, -0.25) is 4.79 Å². The van der Waals surface area contributed by atoms with E-state index in [4.69, 9.17) is 10.8 Å². The Morgan fingerprint density at radius 2 is 2.40 bits per heavy atom. The number of aromatic nitrogens is 3. The van der Waals surface area contributed by atoms with Crippen LogP contribution in [0.5, 0.6) is 0 Å². The van der Waals surface area contributed by atoms with E-state index in [-0.39, 0.29) is 12.0 Å². The molecule has 0 aliphatic heterocycles. The van der Waals surface area contributed by atoms with Gasteiger partial charge in [-0.25, -0.2) is 4.68 Å². The second-order valence-electron chi connectivity index (χ2n) is 3.98. The molecule has 0 saturated heterocycles. The van der Waals surface area contributed by atoms with Crippen LogP contribution in [0.1, 0.15) is 31.7 Å². The summed E-state index contributed by atoms with van der Waals surface area (Å²) in [4.78, 5) is 10.9. The van der Waals surface area contributed by atoms with Crippen molar-refractivity contribution < 1.29 is 9.90 Å². The van der Waals surface area contributed by atoms with Gasteiger partial charge in [0.1, 0.15) is 0 Å². The number of aliphatic carboxylic acids is 1. The van der Waals surface area contributed by atoms with Crippen molar-refractivity contribution >= 4 is 11.8 Å². The Morgan fingerprint density at radius 1 is 1.60 bits per heavy atom. The van der Waals surface area contributed by atoms with Crippen molar-refractivity contribution in [3.8, 4) is 0 Å². The number of hydrogen-bond acceptors (Lipinski definition) is 4. The van der Waals surface area contributed by atoms with Crippen LogP contribution >= 0.6 is 0 Å². The number of rotatable bonds is 2. The summed E-state index contributed by atoms with van der Waals surface area (Å²) in [5.74, 6) is -0.589. The van der Waals surface area contributed by atoms with E-state index in [2.05, 4.69) is 10.3 Å². The Hall–Kier alpha value is -1.59. The van der Waals surface area contributed by atoms with Gasteiger partial charge >= 0.3 is 5.97 Å². The fourth-order valence-electron chi connectivity index (χ4n) is 2.10. The molecule has 1 aliphatic carbocycles. The molecule has 1 fully saturated rings. The maximum absolute atomic E-state index is 10.9. The summed E-state index contributed by atoms with van der Waals surface area (Å²) >= 11 is 0. The van der Waals surface area contributed by atoms with Crippen LogP contribution in [0.4, 0.5) is 5.82 Å². The average Bonchev–Trinajstić information content (AvgIpc) is 2.65. The van der Waals surface area contributed by atoms with Crippen LogP contribution in [0.25, 0.3) is 0 Å². The van der Waals surface area contributed by atoms with E-state index in [0.29, 0.717) is 12.2 Å². The van der Waals surface area contributed by atoms with Gasteiger partial charge < -0.3 is 10.8 Å². The van der Waals surface area contributed by atoms with E-state index < -0.39 is 5.97 Å². The first-order valence-corrected chi connectivity index (χ1v) is 5.07. The molecular formula is C9H14N4O2. The van der Waals surface area contributed by atoms with Gasteiger partial charge in [-0.2, -0.15) is 0 Å². The number of nitrogens with two attached hydrogens (primary N) is 1. The lowest BCUT2D eigenvalue weighted by Crippen LogP contribution is -2.24. The molecule has 1 saturated carbocycles. The van der Waals surface area contributed by atoms with Crippen molar-refractivity contribution in [2.75, 3.05) is 5.73 Å². The molecule has 15 heavy (non-hydrogen) atoms. The van der Waals surface area contributed by atoms with Gasteiger partial charge in [-0.1, -0.05) is 11.6 Å². The Labute approximate surface area is 87.1 Å². The zero-order chi connectivity index (χ0) is 10.8.